The molecule has 0 unspecified atom stereocenters. The van der Waals surface area contributed by atoms with E-state index in [2.05, 4.69) is 5.32 Å². The van der Waals surface area contributed by atoms with Crippen LogP contribution >= 0.6 is 34.8 Å². The van der Waals surface area contributed by atoms with Gasteiger partial charge in [-0.2, -0.15) is 0 Å². The van der Waals surface area contributed by atoms with Crippen LogP contribution < -0.4 is 10.1 Å². The van der Waals surface area contributed by atoms with Gasteiger partial charge >= 0.3 is 0 Å². The monoisotopic (exact) mass is 347 g/mol. The molecule has 0 saturated carbocycles. The van der Waals surface area contributed by atoms with E-state index in [4.69, 9.17) is 39.5 Å². The SMILES string of the molecule is CNCc1cc(Cl)cc(Cl)c1OCc1ccc(Cl)c(F)c1. The number of hydrogen-bond acceptors (Lipinski definition) is 2. The van der Waals surface area contributed by atoms with E-state index in [9.17, 15) is 4.39 Å². The van der Waals surface area contributed by atoms with E-state index in [1.165, 1.54) is 12.1 Å². The molecule has 0 aliphatic heterocycles. The summed E-state index contributed by atoms with van der Waals surface area (Å²) in [6, 6.07) is 7.92. The molecule has 1 N–H and O–H groups in total. The van der Waals surface area contributed by atoms with E-state index >= 15 is 0 Å². The van der Waals surface area contributed by atoms with Crippen LogP contribution in [0.15, 0.2) is 30.3 Å². The highest BCUT2D eigenvalue weighted by Gasteiger charge is 2.11. The van der Waals surface area contributed by atoms with Crippen LogP contribution in [0.5, 0.6) is 5.75 Å². The van der Waals surface area contributed by atoms with E-state index in [-0.39, 0.29) is 11.6 Å². The molecule has 0 bridgehead atoms. The normalized spacial score (nSPS) is 10.7. The Morgan fingerprint density at radius 2 is 1.86 bits per heavy atom. The lowest BCUT2D eigenvalue weighted by Crippen LogP contribution is -2.08. The van der Waals surface area contributed by atoms with Gasteiger partial charge in [-0.25, -0.2) is 4.39 Å². The minimum atomic E-state index is -0.476. The first-order valence-electron chi connectivity index (χ1n) is 6.20. The smallest absolute Gasteiger partial charge is 0.142 e. The topological polar surface area (TPSA) is 21.3 Å². The van der Waals surface area contributed by atoms with Crippen molar-refractivity contribution in [1.82, 2.24) is 5.32 Å². The van der Waals surface area contributed by atoms with Crippen molar-refractivity contribution in [1.29, 1.82) is 0 Å². The minimum Gasteiger partial charge on any atom is -0.487 e. The Morgan fingerprint density at radius 3 is 2.52 bits per heavy atom. The molecule has 2 aromatic rings. The molecular formula is C15H13Cl3FNO. The van der Waals surface area contributed by atoms with Crippen LogP contribution in [0.25, 0.3) is 0 Å². The summed E-state index contributed by atoms with van der Waals surface area (Å²) in [5.41, 5.74) is 1.50. The molecule has 0 fully saturated rings. The Bertz CT molecular complexity index is 649. The maximum Gasteiger partial charge on any atom is 0.142 e. The fourth-order valence-electron chi connectivity index (χ4n) is 1.88. The molecule has 2 nitrogen and oxygen atoms in total. The molecule has 0 atom stereocenters. The average molecular weight is 349 g/mol. The zero-order valence-electron chi connectivity index (χ0n) is 11.2. The maximum absolute atomic E-state index is 13.4. The molecular weight excluding hydrogens is 336 g/mol. The third-order valence-corrected chi connectivity index (χ3v) is 3.63. The Morgan fingerprint density at radius 1 is 1.10 bits per heavy atom. The second-order valence-electron chi connectivity index (χ2n) is 4.44. The minimum absolute atomic E-state index is 0.0825. The lowest BCUT2D eigenvalue weighted by molar-refractivity contribution is 0.302. The molecule has 0 spiro atoms. The lowest BCUT2D eigenvalue weighted by Gasteiger charge is -2.14. The van der Waals surface area contributed by atoms with Gasteiger partial charge in [0, 0.05) is 17.1 Å². The molecule has 0 heterocycles. The lowest BCUT2D eigenvalue weighted by atomic mass is 10.2. The van der Waals surface area contributed by atoms with Crippen LogP contribution in [0.3, 0.4) is 0 Å². The van der Waals surface area contributed by atoms with E-state index in [1.807, 2.05) is 7.05 Å². The Kier molecular flexibility index (Phi) is 5.71. The molecule has 0 aliphatic rings. The summed E-state index contributed by atoms with van der Waals surface area (Å²) >= 11 is 17.8. The summed E-state index contributed by atoms with van der Waals surface area (Å²) in [7, 11) is 1.81. The molecule has 2 aromatic carbocycles. The van der Waals surface area contributed by atoms with Gasteiger partial charge in [0.2, 0.25) is 0 Å². The highest BCUT2D eigenvalue weighted by molar-refractivity contribution is 6.35. The summed E-state index contributed by atoms with van der Waals surface area (Å²) in [5, 5.41) is 4.06. The van der Waals surface area contributed by atoms with Gasteiger partial charge in [-0.3, -0.25) is 0 Å². The van der Waals surface area contributed by atoms with Crippen LogP contribution in [0.2, 0.25) is 15.1 Å². The van der Waals surface area contributed by atoms with Gasteiger partial charge in [0.05, 0.1) is 10.0 Å². The third-order valence-electron chi connectivity index (χ3n) is 2.82. The van der Waals surface area contributed by atoms with Crippen molar-refractivity contribution in [3.8, 4) is 5.75 Å². The number of halogens is 4. The number of nitrogens with one attached hydrogen (secondary N) is 1. The second kappa shape index (κ2) is 7.32. The molecule has 0 saturated heterocycles. The molecule has 112 valence electrons. The Balaban J connectivity index is 2.20. The van der Waals surface area contributed by atoms with Crippen LogP contribution in [-0.2, 0) is 13.2 Å². The number of benzene rings is 2. The molecule has 2 rings (SSSR count). The zero-order chi connectivity index (χ0) is 15.4. The number of hydrogen-bond donors (Lipinski definition) is 1. The van der Waals surface area contributed by atoms with Crippen molar-refractivity contribution < 1.29 is 9.13 Å². The quantitative estimate of drug-likeness (QED) is 0.813. The summed E-state index contributed by atoms with van der Waals surface area (Å²) < 4.78 is 19.1. The third kappa shape index (κ3) is 4.24. The van der Waals surface area contributed by atoms with Gasteiger partial charge in [-0.15, -0.1) is 0 Å². The van der Waals surface area contributed by atoms with Crippen molar-refractivity contribution in [2.75, 3.05) is 7.05 Å². The van der Waals surface area contributed by atoms with Crippen LogP contribution in [-0.4, -0.2) is 7.05 Å². The van der Waals surface area contributed by atoms with E-state index in [1.54, 1.807) is 18.2 Å². The van der Waals surface area contributed by atoms with E-state index in [0.717, 1.165) is 5.56 Å². The summed E-state index contributed by atoms with van der Waals surface area (Å²) in [4.78, 5) is 0. The average Bonchev–Trinajstić information content (AvgIpc) is 2.42. The fraction of sp³-hybridized carbons (Fsp3) is 0.200. The van der Waals surface area contributed by atoms with Gasteiger partial charge in [0.25, 0.3) is 0 Å². The van der Waals surface area contributed by atoms with Crippen molar-refractivity contribution in [2.45, 2.75) is 13.2 Å². The van der Waals surface area contributed by atoms with Crippen LogP contribution in [0, 0.1) is 5.82 Å². The highest BCUT2D eigenvalue weighted by atomic mass is 35.5. The molecule has 0 aromatic heterocycles. The summed E-state index contributed by atoms with van der Waals surface area (Å²) in [5.74, 6) is 0.0567. The largest absolute Gasteiger partial charge is 0.487 e. The van der Waals surface area contributed by atoms with Crippen molar-refractivity contribution in [2.24, 2.45) is 0 Å². The fourth-order valence-corrected chi connectivity index (χ4v) is 2.59. The van der Waals surface area contributed by atoms with E-state index < -0.39 is 5.82 Å². The van der Waals surface area contributed by atoms with Gasteiger partial charge < -0.3 is 10.1 Å². The molecule has 6 heteroatoms. The predicted octanol–water partition coefficient (Wildman–Crippen LogP) is 5.08. The highest BCUT2D eigenvalue weighted by Crippen LogP contribution is 2.33. The molecule has 0 aliphatic carbocycles. The van der Waals surface area contributed by atoms with Crippen LogP contribution in [0.1, 0.15) is 11.1 Å². The van der Waals surface area contributed by atoms with Crippen molar-refractivity contribution in [3.63, 3.8) is 0 Å². The standard InChI is InChI=1S/C15H13Cl3FNO/c1-20-7-10-5-11(16)6-13(18)15(10)21-8-9-2-3-12(17)14(19)4-9/h2-6,20H,7-8H2,1H3. The number of rotatable bonds is 5. The Labute approximate surface area is 137 Å². The van der Waals surface area contributed by atoms with Gasteiger partial charge in [0.1, 0.15) is 18.2 Å². The molecule has 21 heavy (non-hydrogen) atoms. The van der Waals surface area contributed by atoms with Gasteiger partial charge in [0.15, 0.2) is 0 Å². The van der Waals surface area contributed by atoms with Gasteiger partial charge in [-0.1, -0.05) is 40.9 Å². The summed E-state index contributed by atoms with van der Waals surface area (Å²) in [6.07, 6.45) is 0. The van der Waals surface area contributed by atoms with Crippen LogP contribution in [0.4, 0.5) is 4.39 Å². The summed E-state index contributed by atoms with van der Waals surface area (Å²) in [6.45, 7) is 0.747. The first-order valence-corrected chi connectivity index (χ1v) is 7.34. The van der Waals surface area contributed by atoms with E-state index in [0.29, 0.717) is 27.9 Å². The maximum atomic E-state index is 13.4. The first kappa shape index (κ1) is 16.4. The van der Waals surface area contributed by atoms with Crippen molar-refractivity contribution >= 4 is 34.8 Å². The molecule has 0 amide bonds. The number of ether oxygens (including phenoxy) is 1. The van der Waals surface area contributed by atoms with Gasteiger partial charge in [-0.05, 0) is 36.9 Å². The second-order valence-corrected chi connectivity index (χ2v) is 5.69. The van der Waals surface area contributed by atoms with Crippen molar-refractivity contribution in [3.05, 3.63) is 62.3 Å². The predicted molar refractivity (Wildman–Crippen MR) is 85.0 cm³/mol. The molecule has 0 radical (unpaired) electrons. The Hall–Kier alpha value is -1.00. The first-order chi connectivity index (χ1) is 10.0. The zero-order valence-corrected chi connectivity index (χ0v) is 13.5.